The third-order valence-corrected chi connectivity index (χ3v) is 4.96. The van der Waals surface area contributed by atoms with Crippen molar-refractivity contribution in [3.05, 3.63) is 64.7 Å². The summed E-state index contributed by atoms with van der Waals surface area (Å²) in [5.41, 5.74) is 0.873. The van der Waals surface area contributed by atoms with Gasteiger partial charge in [-0.2, -0.15) is 13.2 Å². The molecule has 0 bridgehead atoms. The summed E-state index contributed by atoms with van der Waals surface area (Å²) >= 11 is 7.16. The monoisotopic (exact) mass is 402 g/mol. The van der Waals surface area contributed by atoms with Crippen LogP contribution in [0.3, 0.4) is 0 Å². The molecule has 0 saturated carbocycles. The van der Waals surface area contributed by atoms with Crippen LogP contribution in [0.2, 0.25) is 5.02 Å². The molecule has 0 aliphatic rings. The third kappa shape index (κ3) is 5.61. The van der Waals surface area contributed by atoms with Gasteiger partial charge in [0.25, 0.3) is 0 Å². The highest BCUT2D eigenvalue weighted by Crippen LogP contribution is 2.36. The second kappa shape index (κ2) is 8.73. The number of benzene rings is 2. The summed E-state index contributed by atoms with van der Waals surface area (Å²) in [6.07, 6.45) is -4.52. The predicted molar refractivity (Wildman–Crippen MR) is 99.5 cm³/mol. The van der Waals surface area contributed by atoms with Crippen molar-refractivity contribution in [3.63, 3.8) is 0 Å². The summed E-state index contributed by atoms with van der Waals surface area (Å²) in [7, 11) is 1.62. The Labute approximate surface area is 160 Å². The van der Waals surface area contributed by atoms with Crippen LogP contribution >= 0.6 is 23.4 Å². The van der Waals surface area contributed by atoms with Gasteiger partial charge in [0.2, 0.25) is 0 Å². The molecule has 0 amide bonds. The van der Waals surface area contributed by atoms with Crippen LogP contribution in [0, 0.1) is 6.92 Å². The summed E-state index contributed by atoms with van der Waals surface area (Å²) in [6, 6.07) is 9.33. The first-order valence-corrected chi connectivity index (χ1v) is 9.00. The smallest absolute Gasteiger partial charge is 0.417 e. The van der Waals surface area contributed by atoms with E-state index in [9.17, 15) is 13.2 Å². The number of aryl methyl sites for hydroxylation is 1. The highest BCUT2D eigenvalue weighted by molar-refractivity contribution is 7.99. The van der Waals surface area contributed by atoms with E-state index in [0.29, 0.717) is 5.75 Å². The van der Waals surface area contributed by atoms with Gasteiger partial charge in [-0.15, -0.1) is 11.8 Å². The van der Waals surface area contributed by atoms with Gasteiger partial charge in [-0.3, -0.25) is 0 Å². The minimum atomic E-state index is -4.52. The molecule has 0 aliphatic carbocycles. The molecule has 0 heterocycles. The van der Waals surface area contributed by atoms with Gasteiger partial charge in [0, 0.05) is 10.6 Å². The van der Waals surface area contributed by atoms with Crippen LogP contribution in [0.1, 0.15) is 11.1 Å². The van der Waals surface area contributed by atoms with E-state index < -0.39 is 11.7 Å². The van der Waals surface area contributed by atoms with Crippen LogP contribution in [-0.2, 0) is 6.18 Å². The van der Waals surface area contributed by atoms with E-state index in [2.05, 4.69) is 6.58 Å². The molecule has 0 radical (unpaired) electrons. The zero-order valence-electron chi connectivity index (χ0n) is 14.3. The van der Waals surface area contributed by atoms with Crippen LogP contribution in [0.5, 0.6) is 11.5 Å². The average molecular weight is 403 g/mol. The fourth-order valence-corrected chi connectivity index (χ4v) is 3.27. The number of rotatable bonds is 7. The molecule has 2 aromatic rings. The molecular formula is C19H18ClF3O2S. The Balaban J connectivity index is 1.90. The standard InChI is InChI=1S/C19H18ClF3O2S/c1-12(11-26-15-5-7-18(24-3)13(2)8-15)10-25-14-4-6-17(20)16(9-14)19(21,22)23/h4-9H,1,10-11H2,2-3H3. The maximum atomic E-state index is 12.9. The quantitative estimate of drug-likeness (QED) is 0.394. The van der Waals surface area contributed by atoms with Crippen LogP contribution in [0.4, 0.5) is 13.2 Å². The van der Waals surface area contributed by atoms with E-state index in [0.717, 1.165) is 27.8 Å². The molecule has 26 heavy (non-hydrogen) atoms. The second-order valence-corrected chi connectivity index (χ2v) is 7.05. The Morgan fingerprint density at radius 3 is 2.54 bits per heavy atom. The number of thioether (sulfide) groups is 1. The zero-order valence-corrected chi connectivity index (χ0v) is 15.9. The summed E-state index contributed by atoms with van der Waals surface area (Å²) in [4.78, 5) is 1.05. The molecule has 0 atom stereocenters. The lowest BCUT2D eigenvalue weighted by Gasteiger charge is -2.13. The molecule has 2 aromatic carbocycles. The molecule has 2 nitrogen and oxygen atoms in total. The SMILES string of the molecule is C=C(COc1ccc(Cl)c(C(F)(F)F)c1)CSc1ccc(OC)c(C)c1. The number of alkyl halides is 3. The second-order valence-electron chi connectivity index (χ2n) is 5.60. The molecule has 0 aromatic heterocycles. The molecule has 0 N–H and O–H groups in total. The zero-order chi connectivity index (χ0) is 19.3. The highest BCUT2D eigenvalue weighted by atomic mass is 35.5. The van der Waals surface area contributed by atoms with E-state index in [1.807, 2.05) is 25.1 Å². The molecule has 0 aliphatic heterocycles. The number of ether oxygens (including phenoxy) is 2. The van der Waals surface area contributed by atoms with Crippen molar-refractivity contribution >= 4 is 23.4 Å². The van der Waals surface area contributed by atoms with Gasteiger partial charge >= 0.3 is 6.18 Å². The molecule has 0 spiro atoms. The fraction of sp³-hybridized carbons (Fsp3) is 0.263. The Morgan fingerprint density at radius 1 is 1.19 bits per heavy atom. The van der Waals surface area contributed by atoms with Gasteiger partial charge in [0.1, 0.15) is 18.1 Å². The topological polar surface area (TPSA) is 18.5 Å². The lowest BCUT2D eigenvalue weighted by molar-refractivity contribution is -0.137. The minimum absolute atomic E-state index is 0.105. The summed E-state index contributed by atoms with van der Waals surface area (Å²) in [5, 5.41) is -0.353. The number of hydrogen-bond acceptors (Lipinski definition) is 3. The van der Waals surface area contributed by atoms with Crippen LogP contribution < -0.4 is 9.47 Å². The molecule has 0 fully saturated rings. The van der Waals surface area contributed by atoms with E-state index in [4.69, 9.17) is 21.1 Å². The Morgan fingerprint density at radius 2 is 1.92 bits per heavy atom. The third-order valence-electron chi connectivity index (χ3n) is 3.50. The first kappa shape index (κ1) is 20.5. The predicted octanol–water partition coefficient (Wildman–Crippen LogP) is 6.40. The number of hydrogen-bond donors (Lipinski definition) is 0. The van der Waals surface area contributed by atoms with E-state index in [1.165, 1.54) is 12.1 Å². The van der Waals surface area contributed by atoms with Crippen molar-refractivity contribution in [1.29, 1.82) is 0 Å². The Kier molecular flexibility index (Phi) is 6.89. The first-order valence-electron chi connectivity index (χ1n) is 7.64. The van der Waals surface area contributed by atoms with Gasteiger partial charge in [0.05, 0.1) is 17.7 Å². The molecule has 2 rings (SSSR count). The fourth-order valence-electron chi connectivity index (χ4n) is 2.16. The lowest BCUT2D eigenvalue weighted by atomic mass is 10.2. The molecular weight excluding hydrogens is 385 g/mol. The maximum Gasteiger partial charge on any atom is 0.417 e. The van der Waals surface area contributed by atoms with Crippen LogP contribution in [0.25, 0.3) is 0 Å². The Hall–Kier alpha value is -1.79. The van der Waals surface area contributed by atoms with Gasteiger partial charge in [-0.25, -0.2) is 0 Å². The number of halogens is 4. The van der Waals surface area contributed by atoms with Gasteiger partial charge in [-0.1, -0.05) is 18.2 Å². The van der Waals surface area contributed by atoms with Crippen molar-refractivity contribution in [3.8, 4) is 11.5 Å². The molecule has 0 unspecified atom stereocenters. The average Bonchev–Trinajstić information content (AvgIpc) is 2.58. The van der Waals surface area contributed by atoms with Crippen molar-refractivity contribution in [2.75, 3.05) is 19.5 Å². The van der Waals surface area contributed by atoms with Crippen molar-refractivity contribution in [2.45, 2.75) is 18.0 Å². The summed E-state index contributed by atoms with van der Waals surface area (Å²) in [6.45, 7) is 5.99. The van der Waals surface area contributed by atoms with E-state index in [1.54, 1.807) is 18.9 Å². The van der Waals surface area contributed by atoms with Crippen molar-refractivity contribution < 1.29 is 22.6 Å². The highest BCUT2D eigenvalue weighted by Gasteiger charge is 2.33. The van der Waals surface area contributed by atoms with E-state index >= 15 is 0 Å². The van der Waals surface area contributed by atoms with Crippen LogP contribution in [-0.4, -0.2) is 19.5 Å². The lowest BCUT2D eigenvalue weighted by Crippen LogP contribution is -2.07. The van der Waals surface area contributed by atoms with Crippen molar-refractivity contribution in [1.82, 2.24) is 0 Å². The van der Waals surface area contributed by atoms with Crippen molar-refractivity contribution in [2.24, 2.45) is 0 Å². The summed E-state index contributed by atoms with van der Waals surface area (Å²) in [5.74, 6) is 1.51. The normalized spacial score (nSPS) is 11.3. The Bertz CT molecular complexity index is 791. The summed E-state index contributed by atoms with van der Waals surface area (Å²) < 4.78 is 49.2. The van der Waals surface area contributed by atoms with Crippen LogP contribution in [0.15, 0.2) is 53.4 Å². The molecule has 7 heteroatoms. The largest absolute Gasteiger partial charge is 0.496 e. The molecule has 0 saturated heterocycles. The molecule has 140 valence electrons. The maximum absolute atomic E-state index is 12.9. The van der Waals surface area contributed by atoms with Gasteiger partial charge in [-0.05, 0) is 54.5 Å². The number of methoxy groups -OCH3 is 1. The first-order chi connectivity index (χ1) is 12.2. The van der Waals surface area contributed by atoms with Gasteiger partial charge < -0.3 is 9.47 Å². The van der Waals surface area contributed by atoms with Gasteiger partial charge in [0.15, 0.2) is 0 Å². The minimum Gasteiger partial charge on any atom is -0.496 e. The van der Waals surface area contributed by atoms with E-state index in [-0.39, 0.29) is 17.4 Å².